The van der Waals surface area contributed by atoms with Crippen molar-refractivity contribution in [3.05, 3.63) is 65.6 Å². The van der Waals surface area contributed by atoms with Crippen LogP contribution in [0.15, 0.2) is 53.2 Å². The lowest BCUT2D eigenvalue weighted by atomic mass is 10.1. The first kappa shape index (κ1) is 16.9. The van der Waals surface area contributed by atoms with Crippen molar-refractivity contribution in [2.24, 2.45) is 0 Å². The average molecular weight is 351 g/mol. The molecular formula is C21H25N3O2. The molecule has 2 aliphatic rings. The van der Waals surface area contributed by atoms with Crippen LogP contribution in [-0.2, 0) is 4.79 Å². The molecule has 136 valence electrons. The van der Waals surface area contributed by atoms with Gasteiger partial charge < -0.3 is 9.32 Å². The fourth-order valence-corrected chi connectivity index (χ4v) is 3.63. The average Bonchev–Trinajstić information content (AvgIpc) is 3.41. The summed E-state index contributed by atoms with van der Waals surface area (Å²) in [5, 5.41) is 1.71. The van der Waals surface area contributed by atoms with Crippen LogP contribution in [0.4, 0.5) is 0 Å². The smallest absolute Gasteiger partial charge is 0.243 e. The summed E-state index contributed by atoms with van der Waals surface area (Å²) in [5.41, 5.74) is 6.54. The van der Waals surface area contributed by atoms with Gasteiger partial charge in [-0.15, -0.1) is 0 Å². The number of nitrogens with zero attached hydrogens (tertiary/aromatic N) is 2. The molecule has 0 spiro atoms. The van der Waals surface area contributed by atoms with Gasteiger partial charge in [0.1, 0.15) is 11.8 Å². The Labute approximate surface area is 154 Å². The van der Waals surface area contributed by atoms with Crippen LogP contribution in [0.5, 0.6) is 0 Å². The van der Waals surface area contributed by atoms with Crippen LogP contribution in [0.25, 0.3) is 5.70 Å². The summed E-state index contributed by atoms with van der Waals surface area (Å²) in [6.45, 7) is 5.10. The van der Waals surface area contributed by atoms with Crippen molar-refractivity contribution < 1.29 is 9.21 Å². The number of nitrogens with one attached hydrogen (secondary N) is 1. The molecule has 0 aliphatic carbocycles. The zero-order valence-electron chi connectivity index (χ0n) is 15.1. The maximum Gasteiger partial charge on any atom is 0.243 e. The quantitative estimate of drug-likeness (QED) is 0.896. The van der Waals surface area contributed by atoms with Gasteiger partial charge in [0.05, 0.1) is 12.0 Å². The second-order valence-electron chi connectivity index (χ2n) is 7.08. The molecule has 1 aromatic carbocycles. The number of hydrogen-bond acceptors (Lipinski definition) is 4. The second kappa shape index (κ2) is 7.38. The molecule has 0 radical (unpaired) electrons. The van der Waals surface area contributed by atoms with Crippen molar-refractivity contribution in [1.29, 1.82) is 0 Å². The van der Waals surface area contributed by atoms with E-state index in [1.807, 2.05) is 12.1 Å². The van der Waals surface area contributed by atoms with Crippen LogP contribution in [0.1, 0.15) is 42.2 Å². The van der Waals surface area contributed by atoms with Crippen LogP contribution >= 0.6 is 0 Å². The molecule has 1 atom stereocenters. The summed E-state index contributed by atoms with van der Waals surface area (Å²) in [7, 11) is 0. The Balaban J connectivity index is 1.51. The maximum atomic E-state index is 12.9. The van der Waals surface area contributed by atoms with Gasteiger partial charge in [0.15, 0.2) is 0 Å². The highest BCUT2D eigenvalue weighted by atomic mass is 16.3. The molecule has 2 aromatic rings. The molecule has 1 saturated heterocycles. The van der Waals surface area contributed by atoms with Gasteiger partial charge in [0, 0.05) is 13.0 Å². The van der Waals surface area contributed by atoms with E-state index in [0.717, 1.165) is 36.7 Å². The van der Waals surface area contributed by atoms with Crippen LogP contribution in [0.2, 0.25) is 0 Å². The highest BCUT2D eigenvalue weighted by molar-refractivity contribution is 5.81. The van der Waals surface area contributed by atoms with Crippen LogP contribution in [-0.4, -0.2) is 35.5 Å². The van der Waals surface area contributed by atoms with Crippen molar-refractivity contribution in [3.63, 3.8) is 0 Å². The molecule has 0 saturated carbocycles. The largest absolute Gasteiger partial charge is 0.467 e. The first-order valence-corrected chi connectivity index (χ1v) is 9.34. The van der Waals surface area contributed by atoms with Crippen molar-refractivity contribution in [2.45, 2.75) is 32.2 Å². The minimum Gasteiger partial charge on any atom is -0.467 e. The van der Waals surface area contributed by atoms with Crippen molar-refractivity contribution in [2.75, 3.05) is 19.6 Å². The molecule has 26 heavy (non-hydrogen) atoms. The number of furan rings is 1. The van der Waals surface area contributed by atoms with Gasteiger partial charge >= 0.3 is 0 Å². The third-order valence-electron chi connectivity index (χ3n) is 5.15. The fraction of sp³-hybridized carbons (Fsp3) is 0.381. The summed E-state index contributed by atoms with van der Waals surface area (Å²) in [6.07, 6.45) is 6.71. The highest BCUT2D eigenvalue weighted by Crippen LogP contribution is 2.32. The van der Waals surface area contributed by atoms with E-state index in [9.17, 15) is 4.79 Å². The Morgan fingerprint density at radius 2 is 1.96 bits per heavy atom. The minimum absolute atomic E-state index is 0.0941. The molecule has 2 aliphatic heterocycles. The van der Waals surface area contributed by atoms with E-state index in [-0.39, 0.29) is 11.9 Å². The molecule has 0 bridgehead atoms. The van der Waals surface area contributed by atoms with Gasteiger partial charge in [0.2, 0.25) is 5.91 Å². The molecule has 0 unspecified atom stereocenters. The number of carbonyl (C=O) groups is 1. The number of benzene rings is 1. The zero-order valence-corrected chi connectivity index (χ0v) is 15.1. The van der Waals surface area contributed by atoms with Gasteiger partial charge in [-0.1, -0.05) is 29.8 Å². The van der Waals surface area contributed by atoms with E-state index in [4.69, 9.17) is 4.42 Å². The van der Waals surface area contributed by atoms with Crippen LogP contribution < -0.4 is 5.43 Å². The number of rotatable bonds is 5. The Morgan fingerprint density at radius 3 is 2.65 bits per heavy atom. The van der Waals surface area contributed by atoms with E-state index in [1.54, 1.807) is 11.3 Å². The molecule has 1 N–H and O–H groups in total. The maximum absolute atomic E-state index is 12.9. The van der Waals surface area contributed by atoms with E-state index in [1.165, 1.54) is 18.4 Å². The first-order chi connectivity index (χ1) is 12.7. The van der Waals surface area contributed by atoms with Crippen LogP contribution in [0.3, 0.4) is 0 Å². The molecule has 5 nitrogen and oxygen atoms in total. The SMILES string of the molecule is Cc1ccc(C2=C[C@H](c3ccco3)N(C(=O)CCN3CCCC3)N2)cc1. The predicted octanol–water partition coefficient (Wildman–Crippen LogP) is 3.50. The molecule has 5 heteroatoms. The Kier molecular flexibility index (Phi) is 4.80. The summed E-state index contributed by atoms with van der Waals surface area (Å²) >= 11 is 0. The van der Waals surface area contributed by atoms with Gasteiger partial charge in [-0.2, -0.15) is 0 Å². The third-order valence-corrected chi connectivity index (χ3v) is 5.15. The Hall–Kier alpha value is -2.53. The Morgan fingerprint density at radius 1 is 1.19 bits per heavy atom. The van der Waals surface area contributed by atoms with Gasteiger partial charge in [-0.05, 0) is 56.6 Å². The number of amides is 1. The monoisotopic (exact) mass is 351 g/mol. The molecule has 4 rings (SSSR count). The highest BCUT2D eigenvalue weighted by Gasteiger charge is 2.32. The second-order valence-corrected chi connectivity index (χ2v) is 7.08. The van der Waals surface area contributed by atoms with Crippen LogP contribution in [0, 0.1) is 6.92 Å². The standard InChI is InChI=1S/C21H25N3O2/c1-16-6-8-17(9-7-16)18-15-19(20-5-4-14-26-20)24(22-18)21(25)10-13-23-11-2-3-12-23/h4-9,14-15,19,22H,2-3,10-13H2,1H3/t19-/m1/s1. The summed E-state index contributed by atoms with van der Waals surface area (Å²) in [4.78, 5) is 15.3. The topological polar surface area (TPSA) is 48.7 Å². The lowest BCUT2D eigenvalue weighted by Crippen LogP contribution is -2.40. The van der Waals surface area contributed by atoms with E-state index in [0.29, 0.717) is 6.42 Å². The summed E-state index contributed by atoms with van der Waals surface area (Å²) in [5.74, 6) is 0.866. The number of carbonyl (C=O) groups excluding carboxylic acids is 1. The first-order valence-electron chi connectivity index (χ1n) is 9.34. The number of likely N-dealkylation sites (tertiary alicyclic amines) is 1. The third kappa shape index (κ3) is 3.53. The molecule has 3 heterocycles. The van der Waals surface area contributed by atoms with Crippen molar-refractivity contribution in [1.82, 2.24) is 15.3 Å². The number of hydrazine groups is 1. The molecule has 1 amide bonds. The normalized spacial score (nSPS) is 20.3. The minimum atomic E-state index is -0.215. The van der Waals surface area contributed by atoms with Gasteiger partial charge in [-0.25, -0.2) is 5.01 Å². The van der Waals surface area contributed by atoms with E-state index < -0.39 is 0 Å². The lowest BCUT2D eigenvalue weighted by molar-refractivity contribution is -0.135. The van der Waals surface area contributed by atoms with Crippen molar-refractivity contribution in [3.8, 4) is 0 Å². The summed E-state index contributed by atoms with van der Waals surface area (Å²) in [6, 6.07) is 11.9. The van der Waals surface area contributed by atoms with Crippen molar-refractivity contribution >= 4 is 11.6 Å². The molecule has 1 aromatic heterocycles. The Bertz CT molecular complexity index is 774. The van der Waals surface area contributed by atoms with Gasteiger partial charge in [0.25, 0.3) is 0 Å². The molecular weight excluding hydrogens is 326 g/mol. The number of aryl methyl sites for hydroxylation is 1. The fourth-order valence-electron chi connectivity index (χ4n) is 3.63. The molecule has 1 fully saturated rings. The predicted molar refractivity (Wildman–Crippen MR) is 101 cm³/mol. The zero-order chi connectivity index (χ0) is 17.9. The number of hydrogen-bond donors (Lipinski definition) is 1. The van der Waals surface area contributed by atoms with E-state index in [2.05, 4.69) is 47.6 Å². The van der Waals surface area contributed by atoms with Gasteiger partial charge in [-0.3, -0.25) is 10.2 Å². The summed E-state index contributed by atoms with van der Waals surface area (Å²) < 4.78 is 5.59. The lowest BCUT2D eigenvalue weighted by Gasteiger charge is -2.25. The van der Waals surface area contributed by atoms with E-state index >= 15 is 0 Å².